The molecule has 3 rings (SSSR count). The highest BCUT2D eigenvalue weighted by atomic mass is 35.5. The van der Waals surface area contributed by atoms with E-state index in [1.54, 1.807) is 30.5 Å². The summed E-state index contributed by atoms with van der Waals surface area (Å²) in [7, 11) is 1.61. The van der Waals surface area contributed by atoms with Crippen LogP contribution in [0, 0.1) is 0 Å². The molecule has 0 radical (unpaired) electrons. The van der Waals surface area contributed by atoms with Crippen LogP contribution in [0.3, 0.4) is 0 Å². The molecule has 0 N–H and O–H groups in total. The second-order valence-electron chi connectivity index (χ2n) is 6.15. The van der Waals surface area contributed by atoms with Crippen LogP contribution < -0.4 is 9.64 Å². The van der Waals surface area contributed by atoms with Crippen LogP contribution in [0.2, 0.25) is 5.02 Å². The minimum Gasteiger partial charge on any atom is -0.497 e. The summed E-state index contributed by atoms with van der Waals surface area (Å²) in [4.78, 5) is 22.8. The number of aryl methyl sites for hydroxylation is 1. The van der Waals surface area contributed by atoms with E-state index in [9.17, 15) is 4.79 Å². The number of anilines is 1. The average Bonchev–Trinajstić information content (AvgIpc) is 3.19. The molecule has 2 aromatic heterocycles. The van der Waals surface area contributed by atoms with Gasteiger partial charge in [0.2, 0.25) is 17.6 Å². The lowest BCUT2D eigenvalue weighted by Crippen LogP contribution is -2.32. The number of ether oxygens (including phenoxy) is 1. The first-order valence-corrected chi connectivity index (χ1v) is 9.36. The first kappa shape index (κ1) is 19.8. The van der Waals surface area contributed by atoms with Crippen molar-refractivity contribution in [2.24, 2.45) is 0 Å². The summed E-state index contributed by atoms with van der Waals surface area (Å²) in [5, 5.41) is 4.48. The fraction of sp³-hybridized carbons (Fsp3) is 0.300. The van der Waals surface area contributed by atoms with E-state index in [-0.39, 0.29) is 12.3 Å². The number of amides is 1. The van der Waals surface area contributed by atoms with Gasteiger partial charge in [0.25, 0.3) is 0 Å². The van der Waals surface area contributed by atoms with E-state index in [0.717, 1.165) is 17.7 Å². The zero-order chi connectivity index (χ0) is 19.9. The Bertz CT molecular complexity index is 927. The van der Waals surface area contributed by atoms with Gasteiger partial charge in [-0.3, -0.25) is 9.78 Å². The second-order valence-corrected chi connectivity index (χ2v) is 6.58. The van der Waals surface area contributed by atoms with Crippen molar-refractivity contribution in [1.29, 1.82) is 0 Å². The SMILES string of the molecule is CCCN(C(=O)CCc1nc(-c2ccc(OC)cc2)no1)c1cncc(Cl)c1. The molecule has 0 aliphatic carbocycles. The molecular weight excluding hydrogens is 380 g/mol. The quantitative estimate of drug-likeness (QED) is 0.564. The summed E-state index contributed by atoms with van der Waals surface area (Å²) in [6.07, 6.45) is 4.60. The molecule has 28 heavy (non-hydrogen) atoms. The third-order valence-electron chi connectivity index (χ3n) is 4.12. The lowest BCUT2D eigenvalue weighted by Gasteiger charge is -2.21. The number of pyridine rings is 1. The normalized spacial score (nSPS) is 10.7. The van der Waals surface area contributed by atoms with Crippen LogP contribution in [-0.2, 0) is 11.2 Å². The number of methoxy groups -OCH3 is 1. The third-order valence-corrected chi connectivity index (χ3v) is 4.33. The maximum Gasteiger partial charge on any atom is 0.227 e. The summed E-state index contributed by atoms with van der Waals surface area (Å²) in [6.45, 7) is 2.60. The number of halogens is 1. The van der Waals surface area contributed by atoms with Gasteiger partial charge in [-0.1, -0.05) is 23.7 Å². The molecule has 0 unspecified atom stereocenters. The molecular formula is C20H21ClN4O3. The number of benzene rings is 1. The van der Waals surface area contributed by atoms with Crippen molar-refractivity contribution in [3.8, 4) is 17.1 Å². The summed E-state index contributed by atoms with van der Waals surface area (Å²) in [5.74, 6) is 1.61. The molecule has 0 aliphatic rings. The maximum absolute atomic E-state index is 12.7. The zero-order valence-electron chi connectivity index (χ0n) is 15.8. The van der Waals surface area contributed by atoms with E-state index >= 15 is 0 Å². The molecule has 0 atom stereocenters. The van der Waals surface area contributed by atoms with Crippen LogP contribution in [0.25, 0.3) is 11.4 Å². The number of rotatable bonds is 8. The molecule has 1 amide bonds. The molecule has 0 saturated heterocycles. The Labute approximate surface area is 168 Å². The van der Waals surface area contributed by atoms with Crippen molar-refractivity contribution < 1.29 is 14.1 Å². The molecule has 146 valence electrons. The van der Waals surface area contributed by atoms with Gasteiger partial charge in [-0.15, -0.1) is 0 Å². The van der Waals surface area contributed by atoms with Gasteiger partial charge < -0.3 is 14.2 Å². The number of carbonyl (C=O) groups excluding carboxylic acids is 1. The lowest BCUT2D eigenvalue weighted by atomic mass is 10.2. The zero-order valence-corrected chi connectivity index (χ0v) is 16.5. The Hall–Kier alpha value is -2.93. The number of hydrogen-bond acceptors (Lipinski definition) is 6. The highest BCUT2D eigenvalue weighted by molar-refractivity contribution is 6.30. The molecule has 3 aromatic rings. The van der Waals surface area contributed by atoms with Gasteiger partial charge in [-0.2, -0.15) is 4.98 Å². The van der Waals surface area contributed by atoms with Crippen molar-refractivity contribution in [3.63, 3.8) is 0 Å². The molecule has 8 heteroatoms. The Morgan fingerprint density at radius 3 is 2.71 bits per heavy atom. The van der Waals surface area contributed by atoms with Gasteiger partial charge in [0.05, 0.1) is 24.0 Å². The van der Waals surface area contributed by atoms with Crippen molar-refractivity contribution in [2.75, 3.05) is 18.6 Å². The Morgan fingerprint density at radius 1 is 1.25 bits per heavy atom. The molecule has 0 aliphatic heterocycles. The fourth-order valence-electron chi connectivity index (χ4n) is 2.73. The molecule has 0 bridgehead atoms. The van der Waals surface area contributed by atoms with Crippen LogP contribution in [-0.4, -0.2) is 34.7 Å². The Morgan fingerprint density at radius 2 is 2.04 bits per heavy atom. The standard InChI is InChI=1S/C20H21ClN4O3/c1-3-10-25(16-11-15(21)12-22-13-16)19(26)9-8-18-23-20(24-28-18)14-4-6-17(27-2)7-5-14/h4-7,11-13H,3,8-10H2,1-2H3. The summed E-state index contributed by atoms with van der Waals surface area (Å²) in [5.41, 5.74) is 1.50. The van der Waals surface area contributed by atoms with E-state index in [4.69, 9.17) is 20.9 Å². The van der Waals surface area contributed by atoms with Crippen molar-refractivity contribution in [1.82, 2.24) is 15.1 Å². The van der Waals surface area contributed by atoms with E-state index in [0.29, 0.717) is 35.4 Å². The molecule has 7 nitrogen and oxygen atoms in total. The predicted molar refractivity (Wildman–Crippen MR) is 106 cm³/mol. The molecule has 0 saturated carbocycles. The van der Waals surface area contributed by atoms with E-state index in [1.807, 2.05) is 31.2 Å². The van der Waals surface area contributed by atoms with Crippen LogP contribution >= 0.6 is 11.6 Å². The average molecular weight is 401 g/mol. The van der Waals surface area contributed by atoms with Crippen LogP contribution in [0.5, 0.6) is 5.75 Å². The smallest absolute Gasteiger partial charge is 0.227 e. The fourth-order valence-corrected chi connectivity index (χ4v) is 2.90. The summed E-state index contributed by atoms with van der Waals surface area (Å²) < 4.78 is 10.4. The largest absolute Gasteiger partial charge is 0.497 e. The molecule has 1 aromatic carbocycles. The highest BCUT2D eigenvalue weighted by Gasteiger charge is 2.17. The highest BCUT2D eigenvalue weighted by Crippen LogP contribution is 2.21. The number of nitrogens with zero attached hydrogens (tertiary/aromatic N) is 4. The minimum absolute atomic E-state index is 0.0462. The molecule has 0 spiro atoms. The Balaban J connectivity index is 1.65. The van der Waals surface area contributed by atoms with Crippen LogP contribution in [0.1, 0.15) is 25.7 Å². The van der Waals surface area contributed by atoms with Gasteiger partial charge >= 0.3 is 0 Å². The number of carbonyl (C=O) groups is 1. The van der Waals surface area contributed by atoms with Crippen molar-refractivity contribution in [2.45, 2.75) is 26.2 Å². The number of hydrogen-bond donors (Lipinski definition) is 0. The lowest BCUT2D eigenvalue weighted by molar-refractivity contribution is -0.118. The van der Waals surface area contributed by atoms with E-state index in [2.05, 4.69) is 15.1 Å². The second kappa shape index (κ2) is 9.32. The molecule has 0 fully saturated rings. The first-order chi connectivity index (χ1) is 13.6. The summed E-state index contributed by atoms with van der Waals surface area (Å²) in [6, 6.07) is 9.10. The summed E-state index contributed by atoms with van der Waals surface area (Å²) >= 11 is 6.01. The first-order valence-electron chi connectivity index (χ1n) is 8.98. The van der Waals surface area contributed by atoms with Crippen molar-refractivity contribution in [3.05, 3.63) is 53.6 Å². The molecule has 2 heterocycles. The van der Waals surface area contributed by atoms with Crippen LogP contribution in [0.4, 0.5) is 5.69 Å². The topological polar surface area (TPSA) is 81.4 Å². The monoisotopic (exact) mass is 400 g/mol. The van der Waals surface area contributed by atoms with Gasteiger partial charge in [0.1, 0.15) is 5.75 Å². The van der Waals surface area contributed by atoms with E-state index in [1.165, 1.54) is 0 Å². The third kappa shape index (κ3) is 4.86. The van der Waals surface area contributed by atoms with Gasteiger partial charge in [0.15, 0.2) is 0 Å². The van der Waals surface area contributed by atoms with Crippen LogP contribution in [0.15, 0.2) is 47.2 Å². The van der Waals surface area contributed by atoms with Gasteiger partial charge in [-0.05, 0) is 36.8 Å². The minimum atomic E-state index is -0.0462. The predicted octanol–water partition coefficient (Wildman–Crippen LogP) is 4.17. The van der Waals surface area contributed by atoms with E-state index < -0.39 is 0 Å². The van der Waals surface area contributed by atoms with Gasteiger partial charge in [0, 0.05) is 31.1 Å². The Kier molecular flexibility index (Phi) is 6.60. The maximum atomic E-state index is 12.7. The number of aromatic nitrogens is 3. The van der Waals surface area contributed by atoms with Crippen molar-refractivity contribution >= 4 is 23.2 Å². The van der Waals surface area contributed by atoms with Gasteiger partial charge in [-0.25, -0.2) is 0 Å².